The molecule has 2 aromatic carbocycles. The number of para-hydroxylation sites is 1. The fourth-order valence-electron chi connectivity index (χ4n) is 3.91. The van der Waals surface area contributed by atoms with Gasteiger partial charge in [-0.15, -0.1) is 11.3 Å². The van der Waals surface area contributed by atoms with E-state index in [-0.39, 0.29) is 0 Å². The Morgan fingerprint density at radius 2 is 1.94 bits per heavy atom. The van der Waals surface area contributed by atoms with Gasteiger partial charge >= 0.3 is 12.1 Å². The molecule has 2 heterocycles. The molecule has 35 heavy (non-hydrogen) atoms. The van der Waals surface area contributed by atoms with Crippen LogP contribution in [0.4, 0.5) is 16.2 Å². The molecule has 2 unspecified atom stereocenters. The number of thiophene rings is 1. The third kappa shape index (κ3) is 4.95. The number of aromatic nitrogens is 2. The van der Waals surface area contributed by atoms with Crippen molar-refractivity contribution in [3.63, 3.8) is 0 Å². The highest BCUT2D eigenvalue weighted by molar-refractivity contribution is 7.18. The Bertz CT molecular complexity index is 1370. The van der Waals surface area contributed by atoms with Gasteiger partial charge in [-0.3, -0.25) is 9.69 Å². The summed E-state index contributed by atoms with van der Waals surface area (Å²) in [5, 5.41) is 22.2. The molecule has 0 aliphatic rings. The van der Waals surface area contributed by atoms with Gasteiger partial charge in [-0.2, -0.15) is 5.26 Å². The van der Waals surface area contributed by atoms with Crippen molar-refractivity contribution >= 4 is 45.1 Å². The monoisotopic (exact) mass is 489 g/mol. The summed E-state index contributed by atoms with van der Waals surface area (Å²) in [6.45, 7) is 2.12. The van der Waals surface area contributed by atoms with Crippen LogP contribution in [0.3, 0.4) is 0 Å². The zero-order valence-electron chi connectivity index (χ0n) is 19.1. The molecule has 2 N–H and O–H groups in total. The molecule has 2 aromatic heterocycles. The SMILES string of the molecule is COC(=O)C(c1cc2ncn(CNc3ccc(C#N)cc3)c2s1)C(C)N(C(=O)O)c1ccccc1. The number of fused-ring (bicyclic) bond motifs is 1. The minimum absolute atomic E-state index is 0.423. The third-order valence-corrected chi connectivity index (χ3v) is 6.91. The summed E-state index contributed by atoms with van der Waals surface area (Å²) in [6, 6.07) is 19.0. The van der Waals surface area contributed by atoms with Gasteiger partial charge in [-0.1, -0.05) is 18.2 Å². The zero-order valence-corrected chi connectivity index (χ0v) is 19.9. The summed E-state index contributed by atoms with van der Waals surface area (Å²) in [6.07, 6.45) is 0.541. The Morgan fingerprint density at radius 3 is 2.57 bits per heavy atom. The third-order valence-electron chi connectivity index (χ3n) is 5.67. The number of hydrogen-bond donors (Lipinski definition) is 2. The molecule has 10 heteroatoms. The van der Waals surface area contributed by atoms with Crippen LogP contribution in [0.2, 0.25) is 0 Å². The molecule has 0 spiro atoms. The second-order valence-corrected chi connectivity index (χ2v) is 8.87. The van der Waals surface area contributed by atoms with E-state index < -0.39 is 24.0 Å². The minimum atomic E-state index is -1.16. The second kappa shape index (κ2) is 10.3. The van der Waals surface area contributed by atoms with Crippen LogP contribution in [0.25, 0.3) is 10.3 Å². The van der Waals surface area contributed by atoms with Crippen LogP contribution in [-0.2, 0) is 16.2 Å². The highest BCUT2D eigenvalue weighted by Gasteiger charge is 2.36. The van der Waals surface area contributed by atoms with Gasteiger partial charge in [0.2, 0.25) is 0 Å². The van der Waals surface area contributed by atoms with Gasteiger partial charge in [0, 0.05) is 16.3 Å². The maximum absolute atomic E-state index is 12.9. The number of esters is 1. The van der Waals surface area contributed by atoms with Crippen LogP contribution in [0.5, 0.6) is 0 Å². The van der Waals surface area contributed by atoms with Crippen molar-refractivity contribution in [3.05, 3.63) is 77.4 Å². The van der Waals surface area contributed by atoms with Crippen molar-refractivity contribution in [1.82, 2.24) is 9.55 Å². The fourth-order valence-corrected chi connectivity index (χ4v) is 5.17. The number of ether oxygens (including phenoxy) is 1. The number of anilines is 2. The molecule has 178 valence electrons. The van der Waals surface area contributed by atoms with Crippen LogP contribution < -0.4 is 10.2 Å². The van der Waals surface area contributed by atoms with Crippen molar-refractivity contribution < 1.29 is 19.4 Å². The lowest BCUT2D eigenvalue weighted by Gasteiger charge is -2.31. The highest BCUT2D eigenvalue weighted by atomic mass is 32.1. The lowest BCUT2D eigenvalue weighted by atomic mass is 9.97. The molecule has 0 saturated heterocycles. The summed E-state index contributed by atoms with van der Waals surface area (Å²) < 4.78 is 6.98. The molecule has 4 rings (SSSR count). The first-order chi connectivity index (χ1) is 16.9. The van der Waals surface area contributed by atoms with E-state index in [0.717, 1.165) is 10.5 Å². The number of benzene rings is 2. The largest absolute Gasteiger partial charge is 0.468 e. The number of carboxylic acid groups (broad SMARTS) is 1. The Kier molecular flexibility index (Phi) is 6.98. The Hall–Kier alpha value is -4.36. The number of carbonyl (C=O) groups excluding carboxylic acids is 1. The summed E-state index contributed by atoms with van der Waals surface area (Å²) in [4.78, 5) is 32.2. The number of amides is 1. The van der Waals surface area contributed by atoms with E-state index in [1.54, 1.807) is 61.8 Å². The number of methoxy groups -OCH3 is 1. The Balaban J connectivity index is 1.63. The van der Waals surface area contributed by atoms with E-state index in [1.807, 2.05) is 16.7 Å². The number of rotatable bonds is 8. The number of carbonyl (C=O) groups is 2. The Labute approximate surface area is 205 Å². The lowest BCUT2D eigenvalue weighted by Crippen LogP contribution is -2.43. The molecule has 4 aromatic rings. The van der Waals surface area contributed by atoms with Crippen LogP contribution in [0, 0.1) is 11.3 Å². The van der Waals surface area contributed by atoms with Crippen molar-refractivity contribution in [2.24, 2.45) is 0 Å². The molecule has 0 fully saturated rings. The Morgan fingerprint density at radius 1 is 1.23 bits per heavy atom. The summed E-state index contributed by atoms with van der Waals surface area (Å²) in [5.74, 6) is -1.36. The summed E-state index contributed by atoms with van der Waals surface area (Å²) in [7, 11) is 1.29. The highest BCUT2D eigenvalue weighted by Crippen LogP contribution is 2.36. The van der Waals surface area contributed by atoms with Gasteiger partial charge < -0.3 is 19.7 Å². The maximum atomic E-state index is 12.9. The van der Waals surface area contributed by atoms with Crippen LogP contribution in [0.1, 0.15) is 23.3 Å². The van der Waals surface area contributed by atoms with Gasteiger partial charge in [0.15, 0.2) is 0 Å². The predicted molar refractivity (Wildman–Crippen MR) is 134 cm³/mol. The summed E-state index contributed by atoms with van der Waals surface area (Å²) in [5.41, 5.74) is 2.60. The number of nitriles is 1. The first-order valence-electron chi connectivity index (χ1n) is 10.8. The van der Waals surface area contributed by atoms with E-state index in [4.69, 9.17) is 10.00 Å². The minimum Gasteiger partial charge on any atom is -0.468 e. The smallest absolute Gasteiger partial charge is 0.412 e. The molecule has 0 saturated carbocycles. The number of nitrogens with one attached hydrogen (secondary N) is 1. The van der Waals surface area contributed by atoms with Crippen LogP contribution in [0.15, 0.2) is 67.0 Å². The molecule has 0 bridgehead atoms. The van der Waals surface area contributed by atoms with Gasteiger partial charge in [-0.05, 0) is 49.4 Å². The average molecular weight is 490 g/mol. The molecular formula is C25H23N5O4S. The molecule has 0 aliphatic carbocycles. The predicted octanol–water partition coefficient (Wildman–Crippen LogP) is 4.87. The van der Waals surface area contributed by atoms with Crippen molar-refractivity contribution in [2.45, 2.75) is 25.6 Å². The van der Waals surface area contributed by atoms with Crippen molar-refractivity contribution in [2.75, 3.05) is 17.3 Å². The fraction of sp³-hybridized carbons (Fsp3) is 0.200. The molecule has 9 nitrogen and oxygen atoms in total. The summed E-state index contributed by atoms with van der Waals surface area (Å²) >= 11 is 1.37. The van der Waals surface area contributed by atoms with Crippen LogP contribution in [-0.4, -0.2) is 39.9 Å². The van der Waals surface area contributed by atoms with E-state index in [9.17, 15) is 14.7 Å². The van der Waals surface area contributed by atoms with Crippen molar-refractivity contribution in [1.29, 1.82) is 5.26 Å². The van der Waals surface area contributed by atoms with Gasteiger partial charge in [-0.25, -0.2) is 9.78 Å². The first-order valence-corrected chi connectivity index (χ1v) is 11.6. The average Bonchev–Trinajstić information content (AvgIpc) is 3.44. The topological polar surface area (TPSA) is 120 Å². The van der Waals surface area contributed by atoms with E-state index in [2.05, 4.69) is 16.4 Å². The van der Waals surface area contributed by atoms with E-state index >= 15 is 0 Å². The first kappa shape index (κ1) is 23.8. The van der Waals surface area contributed by atoms with Gasteiger partial charge in [0.1, 0.15) is 10.7 Å². The molecule has 0 aliphatic heterocycles. The quantitative estimate of drug-likeness (QED) is 0.339. The molecule has 0 radical (unpaired) electrons. The van der Waals surface area contributed by atoms with E-state index in [0.29, 0.717) is 28.3 Å². The number of nitrogens with zero attached hydrogens (tertiary/aromatic N) is 4. The molecule has 1 amide bonds. The number of hydrogen-bond acceptors (Lipinski definition) is 7. The van der Waals surface area contributed by atoms with Gasteiger partial charge in [0.25, 0.3) is 0 Å². The van der Waals surface area contributed by atoms with E-state index in [1.165, 1.54) is 23.3 Å². The molecular weight excluding hydrogens is 466 g/mol. The maximum Gasteiger partial charge on any atom is 0.412 e. The number of imidazole rings is 1. The zero-order chi connectivity index (χ0) is 24.9. The van der Waals surface area contributed by atoms with Crippen LogP contribution >= 0.6 is 11.3 Å². The van der Waals surface area contributed by atoms with Gasteiger partial charge in [0.05, 0.1) is 43.3 Å². The standard InChI is InChI=1S/C25H23N5O4S/c1-16(30(25(32)33)19-6-4-3-5-7-19)22(24(31)34-2)21-12-20-23(35-21)29(15-28-20)14-27-18-10-8-17(13-26)9-11-18/h3-12,15-16,22,27H,14H2,1-2H3,(H,32,33). The normalized spacial score (nSPS) is 12.5. The second-order valence-electron chi connectivity index (χ2n) is 7.81. The van der Waals surface area contributed by atoms with Crippen molar-refractivity contribution in [3.8, 4) is 6.07 Å². The molecule has 2 atom stereocenters. The lowest BCUT2D eigenvalue weighted by molar-refractivity contribution is -0.142.